The molecule has 2 aromatic heterocycles. The van der Waals surface area contributed by atoms with Crippen LogP contribution < -0.4 is 10.5 Å². The highest BCUT2D eigenvalue weighted by molar-refractivity contribution is 7.47. The van der Waals surface area contributed by atoms with Crippen LogP contribution in [0.5, 0.6) is 5.75 Å². The number of hydrogen-bond donors (Lipinski definition) is 3. The molecule has 4 rings (SSSR count). The molecule has 3 heterocycles. The molecule has 0 radical (unpaired) electrons. The first-order chi connectivity index (χ1) is 28.1. The number of fused-ring (bicyclic) bond motifs is 1. The van der Waals surface area contributed by atoms with Gasteiger partial charge in [0.1, 0.15) is 54.7 Å². The van der Waals surface area contributed by atoms with E-state index in [1.54, 1.807) is 30.3 Å². The van der Waals surface area contributed by atoms with Crippen molar-refractivity contribution in [2.75, 3.05) is 39.3 Å². The summed E-state index contributed by atoms with van der Waals surface area (Å²) in [5.41, 5.74) is 6.12. The second kappa shape index (κ2) is 25.1. The lowest BCUT2D eigenvalue weighted by atomic mass is 9.99. The fourth-order valence-corrected chi connectivity index (χ4v) is 7.85. The molecule has 1 fully saturated rings. The lowest BCUT2D eigenvalue weighted by Gasteiger charge is -2.26. The van der Waals surface area contributed by atoms with Crippen LogP contribution in [0.25, 0.3) is 5.52 Å². The number of ether oxygens (including phenoxy) is 4. The molecule has 1 aliphatic rings. The number of nitriles is 2. The van der Waals surface area contributed by atoms with Gasteiger partial charge in [0.15, 0.2) is 5.82 Å². The van der Waals surface area contributed by atoms with Gasteiger partial charge >= 0.3 is 7.82 Å². The van der Waals surface area contributed by atoms with Crippen molar-refractivity contribution in [2.45, 2.75) is 147 Å². The van der Waals surface area contributed by atoms with E-state index >= 15 is 0 Å². The zero-order chi connectivity index (χ0) is 41.6. The van der Waals surface area contributed by atoms with Gasteiger partial charge in [-0.1, -0.05) is 109 Å². The number of benzene rings is 1. The van der Waals surface area contributed by atoms with Crippen molar-refractivity contribution in [1.82, 2.24) is 14.6 Å². The maximum absolute atomic E-state index is 13.1. The van der Waals surface area contributed by atoms with E-state index in [9.17, 15) is 25.1 Å². The first kappa shape index (κ1) is 47.1. The lowest BCUT2D eigenvalue weighted by molar-refractivity contribution is -0.0790. The molecule has 1 aliphatic heterocycles. The number of nitrogens with zero attached hydrogens (tertiary/aromatic N) is 5. The highest BCUT2D eigenvalue weighted by Gasteiger charge is 2.51. The molecule has 1 aromatic carbocycles. The largest absolute Gasteiger partial charge is 0.495 e. The molecule has 58 heavy (non-hydrogen) atoms. The Bertz CT molecular complexity index is 1800. The number of anilines is 1. The Morgan fingerprint density at radius 1 is 0.966 bits per heavy atom. The minimum Gasteiger partial charge on any atom is -0.495 e. The summed E-state index contributed by atoms with van der Waals surface area (Å²) < 4.78 is 48.5. The van der Waals surface area contributed by atoms with Gasteiger partial charge in [-0.3, -0.25) is 9.05 Å². The summed E-state index contributed by atoms with van der Waals surface area (Å²) in [6, 6.07) is 12.4. The average Bonchev–Trinajstić information content (AvgIpc) is 3.81. The Kier molecular flexibility index (Phi) is 20.4. The standard InChI is InChI=1S/C42H63N6O9P/c1-3-4-5-6-7-8-9-10-11-12-13-14-15-16-17-18-23-53-28-35(54-27-33-19-20-34(26-43)38(24-33)52-2)29-55-58(50,51)56-31-42(30-44)40(49)25-39(57-42)36-21-22-37-41(45)46-32-47-48(36)37/h19-22,24,32,35,39-40,49H,3-18,23,25,27-29,31H2,1-2H3,(H,50,51)(H2,45,46,47)/t35-,39-,40+,42-/m1/s1. The number of nitrogens with two attached hydrogens (primary N) is 1. The topological polar surface area (TPSA) is 217 Å². The molecular weight excluding hydrogens is 763 g/mol. The molecule has 0 saturated carbocycles. The van der Waals surface area contributed by atoms with E-state index in [2.05, 4.69) is 23.1 Å². The summed E-state index contributed by atoms with van der Waals surface area (Å²) in [5.74, 6) is 0.648. The number of aliphatic hydroxyl groups excluding tert-OH is 1. The van der Waals surface area contributed by atoms with Gasteiger partial charge in [-0.25, -0.2) is 14.1 Å². The number of nitrogen functional groups attached to an aromatic ring is 1. The summed E-state index contributed by atoms with van der Waals surface area (Å²) in [7, 11) is -3.31. The number of methoxy groups -OCH3 is 1. The predicted molar refractivity (Wildman–Crippen MR) is 219 cm³/mol. The van der Waals surface area contributed by atoms with Crippen molar-refractivity contribution in [1.29, 1.82) is 10.5 Å². The van der Waals surface area contributed by atoms with Crippen molar-refractivity contribution in [3.05, 3.63) is 53.5 Å². The summed E-state index contributed by atoms with van der Waals surface area (Å²) in [5, 5.41) is 34.5. The van der Waals surface area contributed by atoms with Crippen molar-refractivity contribution in [3.63, 3.8) is 0 Å². The smallest absolute Gasteiger partial charge is 0.472 e. The summed E-state index contributed by atoms with van der Waals surface area (Å²) in [6.07, 6.45) is 18.8. The number of phosphoric ester groups is 1. The van der Waals surface area contributed by atoms with E-state index in [-0.39, 0.29) is 32.1 Å². The number of aliphatic hydroxyl groups is 1. The number of phosphoric acid groups is 1. The zero-order valence-electron chi connectivity index (χ0n) is 34.3. The Balaban J connectivity index is 1.20. The average molecular weight is 827 g/mol. The summed E-state index contributed by atoms with van der Waals surface area (Å²) in [4.78, 5) is 14.6. The van der Waals surface area contributed by atoms with Crippen molar-refractivity contribution in [3.8, 4) is 17.9 Å². The Labute approximate surface area is 343 Å². The van der Waals surface area contributed by atoms with Crippen LogP contribution in [-0.4, -0.2) is 75.9 Å². The molecule has 0 bridgehead atoms. The van der Waals surface area contributed by atoms with E-state index in [0.717, 1.165) is 19.3 Å². The molecule has 0 spiro atoms. The van der Waals surface area contributed by atoms with Gasteiger partial charge in [0.2, 0.25) is 5.60 Å². The van der Waals surface area contributed by atoms with Crippen LogP contribution in [0.3, 0.4) is 0 Å². The maximum Gasteiger partial charge on any atom is 0.472 e. The maximum atomic E-state index is 13.1. The van der Waals surface area contributed by atoms with Crippen LogP contribution in [0.1, 0.15) is 139 Å². The van der Waals surface area contributed by atoms with Crippen LogP contribution in [0.15, 0.2) is 36.7 Å². The number of aromatic nitrogens is 3. The van der Waals surface area contributed by atoms with Crippen LogP contribution in [0, 0.1) is 22.7 Å². The van der Waals surface area contributed by atoms with Crippen molar-refractivity contribution < 1.29 is 42.6 Å². The second-order valence-corrected chi connectivity index (χ2v) is 16.5. The van der Waals surface area contributed by atoms with E-state index in [1.165, 1.54) is 101 Å². The highest BCUT2D eigenvalue weighted by atomic mass is 31.2. The molecule has 0 amide bonds. The van der Waals surface area contributed by atoms with Crippen molar-refractivity contribution >= 4 is 19.2 Å². The van der Waals surface area contributed by atoms with Gasteiger partial charge in [-0.05, 0) is 36.2 Å². The van der Waals surface area contributed by atoms with Gasteiger partial charge in [0, 0.05) is 13.0 Å². The fraction of sp³-hybridized carbons (Fsp3) is 0.667. The van der Waals surface area contributed by atoms with Gasteiger partial charge in [-0.15, -0.1) is 0 Å². The number of hydrogen-bond acceptors (Lipinski definition) is 13. The first-order valence-corrected chi connectivity index (χ1v) is 22.4. The quantitative estimate of drug-likeness (QED) is 0.0426. The van der Waals surface area contributed by atoms with Crippen LogP contribution >= 0.6 is 7.82 Å². The normalized spacial score (nSPS) is 19.5. The molecule has 320 valence electrons. The van der Waals surface area contributed by atoms with Crippen LogP contribution in [-0.2, 0) is 34.4 Å². The van der Waals surface area contributed by atoms with Crippen LogP contribution in [0.4, 0.5) is 5.82 Å². The molecule has 3 aromatic rings. The van der Waals surface area contributed by atoms with Gasteiger partial charge in [-0.2, -0.15) is 15.6 Å². The first-order valence-electron chi connectivity index (χ1n) is 20.9. The minimum atomic E-state index is -4.78. The van der Waals surface area contributed by atoms with Gasteiger partial charge < -0.3 is 34.7 Å². The summed E-state index contributed by atoms with van der Waals surface area (Å²) >= 11 is 0. The Morgan fingerprint density at radius 2 is 1.62 bits per heavy atom. The molecule has 1 unspecified atom stereocenters. The third-order valence-corrected chi connectivity index (χ3v) is 11.5. The third kappa shape index (κ3) is 14.9. The number of unbranched alkanes of at least 4 members (excludes halogenated alkanes) is 15. The van der Waals surface area contributed by atoms with E-state index in [0.29, 0.717) is 34.7 Å². The molecule has 15 nitrogen and oxygen atoms in total. The summed E-state index contributed by atoms with van der Waals surface area (Å²) in [6.45, 7) is 1.79. The monoisotopic (exact) mass is 826 g/mol. The fourth-order valence-electron chi connectivity index (χ4n) is 7.07. The lowest BCUT2D eigenvalue weighted by Crippen LogP contribution is -2.42. The third-order valence-electron chi connectivity index (χ3n) is 10.5. The van der Waals surface area contributed by atoms with E-state index < -0.39 is 38.3 Å². The minimum absolute atomic E-state index is 0.00366. The molecular formula is C42H63N6O9P. The molecule has 4 N–H and O–H groups in total. The Morgan fingerprint density at radius 3 is 2.24 bits per heavy atom. The molecule has 1 saturated heterocycles. The molecule has 16 heteroatoms. The van der Waals surface area contributed by atoms with Crippen molar-refractivity contribution in [2.24, 2.45) is 0 Å². The molecule has 5 atom stereocenters. The molecule has 0 aliphatic carbocycles. The second-order valence-electron chi connectivity index (χ2n) is 15.1. The SMILES string of the molecule is CCCCCCCCCCCCCCCCCCOC[C@H](COP(=O)(O)OC[C@@]1(C#N)O[C@@H](c2ccc3c(N)ncnn23)C[C@@H]1O)OCc1ccc(C#N)c(OC)c1. The van der Waals surface area contributed by atoms with E-state index in [1.807, 2.05) is 6.07 Å². The van der Waals surface area contributed by atoms with Gasteiger partial charge in [0.25, 0.3) is 0 Å². The highest BCUT2D eigenvalue weighted by Crippen LogP contribution is 2.47. The Hall–Kier alpha value is -3.63. The van der Waals surface area contributed by atoms with E-state index in [4.69, 9.17) is 33.7 Å². The van der Waals surface area contributed by atoms with Gasteiger partial charge in [0.05, 0.1) is 38.2 Å². The number of rotatable bonds is 30. The predicted octanol–water partition coefficient (Wildman–Crippen LogP) is 8.27. The van der Waals surface area contributed by atoms with Crippen LogP contribution in [0.2, 0.25) is 0 Å². The zero-order valence-corrected chi connectivity index (χ0v) is 35.2.